The predicted molar refractivity (Wildman–Crippen MR) is 138 cm³/mol. The molecule has 0 spiro atoms. The number of fused-ring (bicyclic) bond motifs is 5. The zero-order valence-electron chi connectivity index (χ0n) is 22.0. The third kappa shape index (κ3) is 3.81. The maximum absolute atomic E-state index is 6.60. The summed E-state index contributed by atoms with van der Waals surface area (Å²) in [6, 6.07) is 9.33. The molecule has 2 heterocycles. The molecule has 0 aromatic heterocycles. The first kappa shape index (κ1) is 23.4. The van der Waals surface area contributed by atoms with E-state index in [0.29, 0.717) is 0 Å². The van der Waals surface area contributed by atoms with Crippen LogP contribution in [0.3, 0.4) is 0 Å². The molecule has 0 atom stereocenters. The average molecular weight is 454 g/mol. The van der Waals surface area contributed by atoms with Gasteiger partial charge < -0.3 is 9.05 Å². The van der Waals surface area contributed by atoms with Gasteiger partial charge in [-0.05, 0) is 44.9 Å². The van der Waals surface area contributed by atoms with Crippen LogP contribution in [0.1, 0.15) is 105 Å². The van der Waals surface area contributed by atoms with E-state index in [0.717, 1.165) is 22.9 Å². The molecule has 2 aromatic rings. The Morgan fingerprint density at radius 2 is 0.875 bits per heavy atom. The third-order valence-corrected chi connectivity index (χ3v) is 7.88. The maximum atomic E-state index is 6.60. The van der Waals surface area contributed by atoms with Crippen molar-refractivity contribution in [3.8, 4) is 11.5 Å². The highest BCUT2D eigenvalue weighted by Gasteiger charge is 2.48. The quantitative estimate of drug-likeness (QED) is 0.371. The van der Waals surface area contributed by atoms with Crippen molar-refractivity contribution in [1.82, 2.24) is 0 Å². The summed E-state index contributed by atoms with van der Waals surface area (Å²) in [5.41, 5.74) is 7.53. The van der Waals surface area contributed by atoms with Gasteiger partial charge in [-0.1, -0.05) is 95.2 Å². The monoisotopic (exact) mass is 453 g/mol. The van der Waals surface area contributed by atoms with Crippen LogP contribution >= 0.6 is 8.53 Å². The van der Waals surface area contributed by atoms with Crippen molar-refractivity contribution in [2.24, 2.45) is 0 Å². The summed E-state index contributed by atoms with van der Waals surface area (Å²) in [5.74, 6) is 1.97. The molecule has 2 aromatic carbocycles. The summed E-state index contributed by atoms with van der Waals surface area (Å²) in [6.45, 7) is 27.3. The summed E-state index contributed by atoms with van der Waals surface area (Å²) in [4.78, 5) is 0. The van der Waals surface area contributed by atoms with E-state index in [-0.39, 0.29) is 21.7 Å². The Labute approximate surface area is 196 Å². The molecule has 32 heavy (non-hydrogen) atoms. The minimum absolute atomic E-state index is 0.0196. The van der Waals surface area contributed by atoms with Crippen molar-refractivity contribution in [1.29, 1.82) is 0 Å². The molecule has 4 rings (SSSR count). The Hall–Kier alpha value is -1.73. The van der Waals surface area contributed by atoms with Gasteiger partial charge in [-0.15, -0.1) is 0 Å². The molecule has 0 amide bonds. The van der Waals surface area contributed by atoms with Crippen molar-refractivity contribution in [2.75, 3.05) is 4.67 Å². The lowest BCUT2D eigenvalue weighted by molar-refractivity contribution is 0.479. The highest BCUT2D eigenvalue weighted by molar-refractivity contribution is 7.51. The second-order valence-electron chi connectivity index (χ2n) is 13.5. The first-order valence-electron chi connectivity index (χ1n) is 11.7. The van der Waals surface area contributed by atoms with Gasteiger partial charge in [-0.3, -0.25) is 0 Å². The molecule has 0 N–H and O–H groups in total. The molecule has 0 unspecified atom stereocenters. The lowest BCUT2D eigenvalue weighted by Crippen LogP contribution is -2.18. The van der Waals surface area contributed by atoms with E-state index in [4.69, 9.17) is 9.05 Å². The number of anilines is 2. The fourth-order valence-corrected chi connectivity index (χ4v) is 5.82. The molecule has 0 saturated carbocycles. The Morgan fingerprint density at radius 3 is 1.16 bits per heavy atom. The number of hydrogen-bond acceptors (Lipinski definition) is 3. The van der Waals surface area contributed by atoms with E-state index in [2.05, 4.69) is 112 Å². The number of hydrogen-bond donors (Lipinski definition) is 0. The van der Waals surface area contributed by atoms with Crippen molar-refractivity contribution >= 4 is 19.9 Å². The van der Waals surface area contributed by atoms with Gasteiger partial charge in [0.05, 0.1) is 11.4 Å². The Morgan fingerprint density at radius 1 is 0.531 bits per heavy atom. The zero-order valence-corrected chi connectivity index (χ0v) is 22.9. The summed E-state index contributed by atoms with van der Waals surface area (Å²) < 4.78 is 15.5. The first-order valence-corrected chi connectivity index (χ1v) is 12.9. The number of benzene rings is 2. The predicted octanol–water partition coefficient (Wildman–Crippen LogP) is 9.03. The fourth-order valence-electron chi connectivity index (χ4n) is 4.28. The molecule has 2 aliphatic heterocycles. The SMILES string of the molecule is CC(C)(C)c1cc2c(c(C(C)(C)C)c1)OP1Oc3c(cc(C(C)(C)C)cc3C(C)(C)C)N21. The molecule has 3 nitrogen and oxygen atoms in total. The van der Waals surface area contributed by atoms with Crippen LogP contribution in [0.2, 0.25) is 0 Å². The molecule has 0 aliphatic carbocycles. The summed E-state index contributed by atoms with van der Waals surface area (Å²) in [7, 11) is -1.24. The number of rotatable bonds is 0. The Kier molecular flexibility index (Phi) is 5.04. The highest BCUT2D eigenvalue weighted by Crippen LogP contribution is 2.69. The van der Waals surface area contributed by atoms with E-state index in [9.17, 15) is 0 Å². The standard InChI is InChI=1S/C28H40NO2P/c1-25(2,3)17-13-19(27(7,8)9)23-21(15-17)29-22-16-18(26(4,5)6)14-20(28(10,11)12)24(22)31-32(29)30-23/h13-16H,1-12H3. The summed E-state index contributed by atoms with van der Waals surface area (Å²) >= 11 is 0. The maximum Gasteiger partial charge on any atom is 0.422 e. The molecular formula is C28H40NO2P. The van der Waals surface area contributed by atoms with Gasteiger partial charge in [-0.25, -0.2) is 4.67 Å². The van der Waals surface area contributed by atoms with E-state index < -0.39 is 8.53 Å². The van der Waals surface area contributed by atoms with Crippen molar-refractivity contribution in [3.63, 3.8) is 0 Å². The lowest BCUT2D eigenvalue weighted by Gasteiger charge is -2.29. The van der Waals surface area contributed by atoms with Gasteiger partial charge in [0.1, 0.15) is 0 Å². The van der Waals surface area contributed by atoms with E-state index in [1.165, 1.54) is 22.3 Å². The molecule has 0 saturated heterocycles. The molecule has 0 bridgehead atoms. The van der Waals surface area contributed by atoms with Crippen molar-refractivity contribution < 1.29 is 9.05 Å². The molecular weight excluding hydrogens is 413 g/mol. The zero-order chi connectivity index (χ0) is 24.0. The van der Waals surface area contributed by atoms with Crippen molar-refractivity contribution in [2.45, 2.75) is 105 Å². The van der Waals surface area contributed by atoms with Crippen molar-refractivity contribution in [3.05, 3.63) is 46.5 Å². The topological polar surface area (TPSA) is 21.7 Å². The summed E-state index contributed by atoms with van der Waals surface area (Å²) in [6.07, 6.45) is 0. The molecule has 4 heteroatoms. The second kappa shape index (κ2) is 6.89. The van der Waals surface area contributed by atoms with Gasteiger partial charge in [0, 0.05) is 11.1 Å². The Bertz CT molecular complexity index is 990. The van der Waals surface area contributed by atoms with Gasteiger partial charge >= 0.3 is 8.53 Å². The van der Waals surface area contributed by atoms with Crippen LogP contribution in [0.25, 0.3) is 0 Å². The van der Waals surface area contributed by atoms with Crippen LogP contribution in [-0.4, -0.2) is 0 Å². The van der Waals surface area contributed by atoms with Crippen LogP contribution in [-0.2, 0) is 21.7 Å². The second-order valence-corrected chi connectivity index (χ2v) is 14.7. The van der Waals surface area contributed by atoms with Crippen LogP contribution < -0.4 is 13.7 Å². The first-order chi connectivity index (χ1) is 14.4. The Balaban J connectivity index is 2.00. The van der Waals surface area contributed by atoms with Crippen LogP contribution in [0.5, 0.6) is 11.5 Å². The minimum atomic E-state index is -1.24. The molecule has 0 radical (unpaired) electrons. The molecule has 174 valence electrons. The minimum Gasteiger partial charge on any atom is -0.420 e. The molecule has 2 aliphatic rings. The van der Waals surface area contributed by atoms with E-state index in [1.54, 1.807) is 0 Å². The van der Waals surface area contributed by atoms with Crippen LogP contribution in [0.15, 0.2) is 24.3 Å². The van der Waals surface area contributed by atoms with Gasteiger partial charge in [0.2, 0.25) is 0 Å². The number of nitrogens with zero attached hydrogens (tertiary/aromatic N) is 1. The fraction of sp³-hybridized carbons (Fsp3) is 0.571. The highest BCUT2D eigenvalue weighted by atomic mass is 31.2. The normalized spacial score (nSPS) is 16.4. The summed E-state index contributed by atoms with van der Waals surface area (Å²) in [5, 5.41) is 0. The van der Waals surface area contributed by atoms with E-state index in [1.807, 2.05) is 0 Å². The third-order valence-electron chi connectivity index (χ3n) is 6.45. The largest absolute Gasteiger partial charge is 0.422 e. The molecule has 0 fully saturated rings. The van der Waals surface area contributed by atoms with Crippen LogP contribution in [0, 0.1) is 0 Å². The smallest absolute Gasteiger partial charge is 0.420 e. The van der Waals surface area contributed by atoms with Gasteiger partial charge in [-0.2, -0.15) is 0 Å². The average Bonchev–Trinajstić information content (AvgIpc) is 3.12. The van der Waals surface area contributed by atoms with Crippen LogP contribution in [0.4, 0.5) is 11.4 Å². The van der Waals surface area contributed by atoms with Gasteiger partial charge in [0.15, 0.2) is 11.5 Å². The van der Waals surface area contributed by atoms with E-state index >= 15 is 0 Å². The lowest BCUT2D eigenvalue weighted by atomic mass is 9.79. The van der Waals surface area contributed by atoms with Gasteiger partial charge in [0.25, 0.3) is 0 Å².